The van der Waals surface area contributed by atoms with Crippen molar-refractivity contribution in [1.29, 1.82) is 0 Å². The standard InChI is InChI=1S/C11H15BrFN/c1-8(2)14-6-5-9-7-10(13)3-4-11(9)12/h3-4,7-8,14H,5-6H2,1-2H3. The van der Waals surface area contributed by atoms with Crippen LogP contribution in [0.15, 0.2) is 22.7 Å². The normalized spacial score (nSPS) is 10.9. The molecule has 0 radical (unpaired) electrons. The first kappa shape index (κ1) is 11.7. The second-order valence-corrected chi connectivity index (χ2v) is 4.45. The number of halogens is 2. The molecule has 1 rings (SSSR count). The van der Waals surface area contributed by atoms with E-state index in [1.165, 1.54) is 6.07 Å². The van der Waals surface area contributed by atoms with Crippen molar-refractivity contribution in [3.63, 3.8) is 0 Å². The highest BCUT2D eigenvalue weighted by Crippen LogP contribution is 2.17. The average Bonchev–Trinajstić information content (AvgIpc) is 2.10. The van der Waals surface area contributed by atoms with Gasteiger partial charge in [-0.15, -0.1) is 0 Å². The van der Waals surface area contributed by atoms with Gasteiger partial charge in [-0.3, -0.25) is 0 Å². The Hall–Kier alpha value is -0.410. The Morgan fingerprint density at radius 3 is 2.79 bits per heavy atom. The molecule has 1 aromatic rings. The summed E-state index contributed by atoms with van der Waals surface area (Å²) < 4.78 is 13.9. The maximum atomic E-state index is 12.9. The SMILES string of the molecule is CC(C)NCCc1cc(F)ccc1Br. The number of nitrogens with one attached hydrogen (secondary N) is 1. The molecule has 3 heteroatoms. The van der Waals surface area contributed by atoms with Crippen molar-refractivity contribution in [2.75, 3.05) is 6.54 Å². The van der Waals surface area contributed by atoms with Gasteiger partial charge in [-0.1, -0.05) is 29.8 Å². The van der Waals surface area contributed by atoms with E-state index in [0.717, 1.165) is 23.0 Å². The van der Waals surface area contributed by atoms with E-state index >= 15 is 0 Å². The summed E-state index contributed by atoms with van der Waals surface area (Å²) in [5.41, 5.74) is 1.01. The molecule has 1 N–H and O–H groups in total. The summed E-state index contributed by atoms with van der Waals surface area (Å²) in [5.74, 6) is -0.173. The summed E-state index contributed by atoms with van der Waals surface area (Å²) in [6.45, 7) is 5.07. The zero-order valence-corrected chi connectivity index (χ0v) is 10.1. The molecule has 0 aliphatic heterocycles. The van der Waals surface area contributed by atoms with E-state index in [1.807, 2.05) is 0 Å². The first-order chi connectivity index (χ1) is 6.59. The molecule has 0 aliphatic carbocycles. The Morgan fingerprint density at radius 2 is 2.14 bits per heavy atom. The van der Waals surface area contributed by atoms with Crippen molar-refractivity contribution in [2.45, 2.75) is 26.3 Å². The summed E-state index contributed by atoms with van der Waals surface area (Å²) in [7, 11) is 0. The van der Waals surface area contributed by atoms with E-state index in [0.29, 0.717) is 6.04 Å². The number of hydrogen-bond donors (Lipinski definition) is 1. The zero-order valence-electron chi connectivity index (χ0n) is 8.48. The lowest BCUT2D eigenvalue weighted by atomic mass is 10.1. The van der Waals surface area contributed by atoms with Crippen LogP contribution in [0.25, 0.3) is 0 Å². The maximum Gasteiger partial charge on any atom is 0.123 e. The first-order valence-electron chi connectivity index (χ1n) is 4.77. The predicted molar refractivity (Wildman–Crippen MR) is 60.9 cm³/mol. The molecule has 0 amide bonds. The molecule has 0 bridgehead atoms. The van der Waals surface area contributed by atoms with Gasteiger partial charge < -0.3 is 5.32 Å². The van der Waals surface area contributed by atoms with E-state index in [1.54, 1.807) is 12.1 Å². The smallest absolute Gasteiger partial charge is 0.123 e. The van der Waals surface area contributed by atoms with Crippen molar-refractivity contribution in [3.8, 4) is 0 Å². The lowest BCUT2D eigenvalue weighted by Gasteiger charge is -2.09. The molecule has 0 heterocycles. The summed E-state index contributed by atoms with van der Waals surface area (Å²) in [4.78, 5) is 0. The minimum atomic E-state index is -0.173. The van der Waals surface area contributed by atoms with Crippen molar-refractivity contribution >= 4 is 15.9 Å². The fourth-order valence-electron chi connectivity index (χ4n) is 1.23. The van der Waals surface area contributed by atoms with Gasteiger partial charge in [0.15, 0.2) is 0 Å². The Kier molecular flexibility index (Phi) is 4.55. The molecular formula is C11H15BrFN. The monoisotopic (exact) mass is 259 g/mol. The summed E-state index contributed by atoms with van der Waals surface area (Å²) in [6, 6.07) is 5.26. The van der Waals surface area contributed by atoms with Crippen LogP contribution < -0.4 is 5.32 Å². The predicted octanol–water partition coefficient (Wildman–Crippen LogP) is 3.13. The molecule has 1 aromatic carbocycles. The fourth-order valence-corrected chi connectivity index (χ4v) is 1.68. The van der Waals surface area contributed by atoms with Crippen LogP contribution in [0, 0.1) is 5.82 Å². The lowest BCUT2D eigenvalue weighted by molar-refractivity contribution is 0.586. The van der Waals surface area contributed by atoms with E-state index in [-0.39, 0.29) is 5.82 Å². The lowest BCUT2D eigenvalue weighted by Crippen LogP contribution is -2.25. The van der Waals surface area contributed by atoms with Crippen molar-refractivity contribution in [1.82, 2.24) is 5.32 Å². The molecular weight excluding hydrogens is 245 g/mol. The molecule has 0 fully saturated rings. The minimum Gasteiger partial charge on any atom is -0.314 e. The molecule has 1 nitrogen and oxygen atoms in total. The highest BCUT2D eigenvalue weighted by Gasteiger charge is 2.01. The quantitative estimate of drug-likeness (QED) is 0.877. The molecule has 0 atom stereocenters. The second kappa shape index (κ2) is 5.47. The van der Waals surface area contributed by atoms with Crippen LogP contribution in [0.1, 0.15) is 19.4 Å². The maximum absolute atomic E-state index is 12.9. The fraction of sp³-hybridized carbons (Fsp3) is 0.455. The topological polar surface area (TPSA) is 12.0 Å². The van der Waals surface area contributed by atoms with Gasteiger partial charge in [-0.25, -0.2) is 4.39 Å². The van der Waals surface area contributed by atoms with Crippen LogP contribution in [-0.2, 0) is 6.42 Å². The third kappa shape index (κ3) is 3.76. The third-order valence-corrected chi connectivity index (χ3v) is 2.73. The van der Waals surface area contributed by atoms with Gasteiger partial charge in [0.05, 0.1) is 0 Å². The Bertz CT molecular complexity index is 299. The summed E-state index contributed by atoms with van der Waals surface area (Å²) >= 11 is 3.40. The first-order valence-corrected chi connectivity index (χ1v) is 5.56. The van der Waals surface area contributed by atoms with Crippen LogP contribution >= 0.6 is 15.9 Å². The van der Waals surface area contributed by atoms with Crippen molar-refractivity contribution in [3.05, 3.63) is 34.1 Å². The van der Waals surface area contributed by atoms with Gasteiger partial charge in [-0.05, 0) is 36.7 Å². The molecule has 0 spiro atoms. The van der Waals surface area contributed by atoms with E-state index in [2.05, 4.69) is 35.1 Å². The number of hydrogen-bond acceptors (Lipinski definition) is 1. The molecule has 78 valence electrons. The number of rotatable bonds is 4. The third-order valence-electron chi connectivity index (χ3n) is 1.95. The molecule has 14 heavy (non-hydrogen) atoms. The van der Waals surface area contributed by atoms with Crippen LogP contribution in [0.4, 0.5) is 4.39 Å². The molecule has 0 aliphatic rings. The molecule has 0 saturated heterocycles. The summed E-state index contributed by atoms with van der Waals surface area (Å²) in [5, 5.41) is 3.30. The second-order valence-electron chi connectivity index (χ2n) is 3.59. The van der Waals surface area contributed by atoms with Crippen LogP contribution in [0.3, 0.4) is 0 Å². The Balaban J connectivity index is 2.53. The van der Waals surface area contributed by atoms with Crippen LogP contribution in [0.2, 0.25) is 0 Å². The minimum absolute atomic E-state index is 0.173. The van der Waals surface area contributed by atoms with Crippen molar-refractivity contribution in [2.24, 2.45) is 0 Å². The van der Waals surface area contributed by atoms with Crippen molar-refractivity contribution < 1.29 is 4.39 Å². The highest BCUT2D eigenvalue weighted by molar-refractivity contribution is 9.10. The highest BCUT2D eigenvalue weighted by atomic mass is 79.9. The Morgan fingerprint density at radius 1 is 1.43 bits per heavy atom. The van der Waals surface area contributed by atoms with Gasteiger partial charge in [0.25, 0.3) is 0 Å². The van der Waals surface area contributed by atoms with E-state index in [9.17, 15) is 4.39 Å². The van der Waals surface area contributed by atoms with Gasteiger partial charge in [0.2, 0.25) is 0 Å². The van der Waals surface area contributed by atoms with Gasteiger partial charge in [-0.2, -0.15) is 0 Å². The van der Waals surface area contributed by atoms with Crippen LogP contribution in [-0.4, -0.2) is 12.6 Å². The van der Waals surface area contributed by atoms with E-state index in [4.69, 9.17) is 0 Å². The van der Waals surface area contributed by atoms with Crippen LogP contribution in [0.5, 0.6) is 0 Å². The molecule has 0 saturated carbocycles. The number of benzene rings is 1. The Labute approximate surface area is 92.8 Å². The van der Waals surface area contributed by atoms with E-state index < -0.39 is 0 Å². The zero-order chi connectivity index (χ0) is 10.6. The summed E-state index contributed by atoms with van der Waals surface area (Å²) in [6.07, 6.45) is 0.844. The molecule has 0 unspecified atom stereocenters. The van der Waals surface area contributed by atoms with Gasteiger partial charge >= 0.3 is 0 Å². The average molecular weight is 260 g/mol. The van der Waals surface area contributed by atoms with Gasteiger partial charge in [0.1, 0.15) is 5.82 Å². The molecule has 0 aromatic heterocycles. The largest absolute Gasteiger partial charge is 0.314 e. The van der Waals surface area contributed by atoms with Gasteiger partial charge in [0, 0.05) is 10.5 Å².